The summed E-state index contributed by atoms with van der Waals surface area (Å²) in [5, 5.41) is 3.23. The lowest BCUT2D eigenvalue weighted by molar-refractivity contribution is -0.175. The van der Waals surface area contributed by atoms with E-state index in [1.807, 2.05) is 25.3 Å². The fraction of sp³-hybridized carbons (Fsp3) is 0.647. The highest BCUT2D eigenvalue weighted by Gasteiger charge is 2.59. The lowest BCUT2D eigenvalue weighted by Gasteiger charge is -2.61. The molecule has 0 aromatic carbocycles. The third kappa shape index (κ3) is 2.82. The molecule has 0 bridgehead atoms. The molecule has 1 spiro atoms. The molecule has 1 N–H and O–H groups in total. The summed E-state index contributed by atoms with van der Waals surface area (Å²) in [6, 6.07) is 4.25. The highest BCUT2D eigenvalue weighted by molar-refractivity contribution is 5.76. The van der Waals surface area contributed by atoms with Crippen molar-refractivity contribution in [1.29, 1.82) is 0 Å². The van der Waals surface area contributed by atoms with Gasteiger partial charge in [-0.05, 0) is 44.2 Å². The summed E-state index contributed by atoms with van der Waals surface area (Å²) < 4.78 is 5.82. The van der Waals surface area contributed by atoms with Gasteiger partial charge in [-0.25, -0.2) is 0 Å². The number of nitrogens with zero attached hydrogens (tertiary/aromatic N) is 1. The first-order valence-electron chi connectivity index (χ1n) is 8.04. The molecule has 2 atom stereocenters. The molecule has 0 aliphatic heterocycles. The van der Waals surface area contributed by atoms with Gasteiger partial charge in [0.15, 0.2) is 0 Å². The van der Waals surface area contributed by atoms with Crippen molar-refractivity contribution in [2.75, 3.05) is 6.61 Å². The van der Waals surface area contributed by atoms with Crippen LogP contribution in [0.1, 0.15) is 44.6 Å². The summed E-state index contributed by atoms with van der Waals surface area (Å²) in [5.74, 6) is 0.157. The van der Waals surface area contributed by atoms with Crippen LogP contribution in [-0.2, 0) is 16.0 Å². The second-order valence-electron chi connectivity index (χ2n) is 6.25. The van der Waals surface area contributed by atoms with Crippen LogP contribution in [0.2, 0.25) is 0 Å². The summed E-state index contributed by atoms with van der Waals surface area (Å²) >= 11 is 0. The number of ether oxygens (including phenoxy) is 1. The number of nitrogens with one attached hydrogen (secondary N) is 1. The molecule has 1 amide bonds. The normalized spacial score (nSPS) is 26.0. The van der Waals surface area contributed by atoms with Crippen LogP contribution in [-0.4, -0.2) is 29.6 Å². The smallest absolute Gasteiger partial charge is 0.220 e. The molecule has 0 radical (unpaired) electrons. The molecular formula is C17H24N2O2. The quantitative estimate of drug-likeness (QED) is 0.875. The van der Waals surface area contributed by atoms with Crippen molar-refractivity contribution in [2.45, 2.75) is 57.6 Å². The van der Waals surface area contributed by atoms with Crippen LogP contribution >= 0.6 is 0 Å². The Morgan fingerprint density at radius 2 is 2.38 bits per heavy atom. The monoisotopic (exact) mass is 288 g/mol. The van der Waals surface area contributed by atoms with E-state index in [1.165, 1.54) is 19.3 Å². The zero-order valence-electron chi connectivity index (χ0n) is 12.7. The van der Waals surface area contributed by atoms with Crippen molar-refractivity contribution in [3.8, 4) is 0 Å². The average Bonchev–Trinajstić information content (AvgIpc) is 2.43. The minimum absolute atomic E-state index is 0.157. The lowest BCUT2D eigenvalue weighted by atomic mass is 9.51. The predicted molar refractivity (Wildman–Crippen MR) is 80.8 cm³/mol. The van der Waals surface area contributed by atoms with E-state index in [-0.39, 0.29) is 11.3 Å². The third-order valence-corrected chi connectivity index (χ3v) is 5.14. The predicted octanol–water partition coefficient (Wildman–Crippen LogP) is 2.48. The van der Waals surface area contributed by atoms with Crippen molar-refractivity contribution in [3.63, 3.8) is 0 Å². The van der Waals surface area contributed by atoms with Crippen molar-refractivity contribution < 1.29 is 9.53 Å². The summed E-state index contributed by atoms with van der Waals surface area (Å²) in [6.07, 6.45) is 9.89. The first-order chi connectivity index (χ1) is 10.2. The van der Waals surface area contributed by atoms with Gasteiger partial charge in [-0.2, -0.15) is 0 Å². The van der Waals surface area contributed by atoms with E-state index < -0.39 is 0 Å². The number of aromatic nitrogens is 1. The largest absolute Gasteiger partial charge is 0.378 e. The maximum absolute atomic E-state index is 12.1. The lowest BCUT2D eigenvalue weighted by Crippen LogP contribution is -2.67. The van der Waals surface area contributed by atoms with E-state index in [1.54, 1.807) is 6.20 Å². The molecule has 0 unspecified atom stereocenters. The van der Waals surface area contributed by atoms with Gasteiger partial charge in [0.2, 0.25) is 5.91 Å². The maximum Gasteiger partial charge on any atom is 0.220 e. The molecule has 4 nitrogen and oxygen atoms in total. The second kappa shape index (κ2) is 6.14. The van der Waals surface area contributed by atoms with E-state index in [2.05, 4.69) is 10.3 Å². The van der Waals surface area contributed by atoms with Gasteiger partial charge in [0.05, 0.1) is 6.10 Å². The number of hydrogen-bond donors (Lipinski definition) is 1. The van der Waals surface area contributed by atoms with Crippen LogP contribution in [0.15, 0.2) is 24.5 Å². The van der Waals surface area contributed by atoms with Crippen LogP contribution < -0.4 is 5.32 Å². The summed E-state index contributed by atoms with van der Waals surface area (Å²) in [5.41, 5.74) is 1.37. The van der Waals surface area contributed by atoms with Gasteiger partial charge in [-0.15, -0.1) is 0 Å². The molecule has 3 rings (SSSR count). The number of carbonyl (C=O) groups excluding carboxylic acids is 1. The van der Waals surface area contributed by atoms with Gasteiger partial charge in [0.1, 0.15) is 0 Å². The highest BCUT2D eigenvalue weighted by Crippen LogP contribution is 2.57. The molecule has 114 valence electrons. The Balaban J connectivity index is 1.47. The van der Waals surface area contributed by atoms with E-state index in [4.69, 9.17) is 4.74 Å². The summed E-state index contributed by atoms with van der Waals surface area (Å²) in [6.45, 7) is 2.82. The van der Waals surface area contributed by atoms with Crippen molar-refractivity contribution >= 4 is 5.91 Å². The Bertz CT molecular complexity index is 485. The summed E-state index contributed by atoms with van der Waals surface area (Å²) in [7, 11) is 0. The fourth-order valence-electron chi connectivity index (χ4n) is 3.71. The van der Waals surface area contributed by atoms with Crippen LogP contribution in [0.4, 0.5) is 0 Å². The summed E-state index contributed by atoms with van der Waals surface area (Å²) in [4.78, 5) is 16.2. The van der Waals surface area contributed by atoms with Crippen LogP contribution in [0.3, 0.4) is 0 Å². The topological polar surface area (TPSA) is 51.2 Å². The van der Waals surface area contributed by atoms with Gasteiger partial charge in [-0.1, -0.05) is 12.5 Å². The van der Waals surface area contributed by atoms with E-state index in [0.717, 1.165) is 25.0 Å². The number of aryl methyl sites for hydroxylation is 1. The second-order valence-corrected chi connectivity index (χ2v) is 6.25. The molecular weight excluding hydrogens is 264 g/mol. The first kappa shape index (κ1) is 14.5. The number of pyridine rings is 1. The zero-order chi connectivity index (χ0) is 14.7. The molecule has 4 heteroatoms. The van der Waals surface area contributed by atoms with Gasteiger partial charge in [-0.3, -0.25) is 9.78 Å². The maximum atomic E-state index is 12.1. The first-order valence-corrected chi connectivity index (χ1v) is 8.04. The minimum atomic E-state index is 0.157. The Labute approximate surface area is 126 Å². The van der Waals surface area contributed by atoms with E-state index in [0.29, 0.717) is 18.6 Å². The molecule has 2 aliphatic carbocycles. The highest BCUT2D eigenvalue weighted by atomic mass is 16.5. The van der Waals surface area contributed by atoms with E-state index >= 15 is 0 Å². The van der Waals surface area contributed by atoms with Gasteiger partial charge < -0.3 is 10.1 Å². The Hall–Kier alpha value is -1.42. The Morgan fingerprint density at radius 3 is 3.00 bits per heavy atom. The van der Waals surface area contributed by atoms with Crippen molar-refractivity contribution in [3.05, 3.63) is 30.1 Å². The molecule has 1 aromatic rings. The van der Waals surface area contributed by atoms with Gasteiger partial charge in [0.25, 0.3) is 0 Å². The van der Waals surface area contributed by atoms with Gasteiger partial charge >= 0.3 is 0 Å². The van der Waals surface area contributed by atoms with Gasteiger partial charge in [0, 0.05) is 36.9 Å². The van der Waals surface area contributed by atoms with E-state index in [9.17, 15) is 4.79 Å². The zero-order valence-corrected chi connectivity index (χ0v) is 12.7. The van der Waals surface area contributed by atoms with Crippen molar-refractivity contribution in [2.24, 2.45) is 5.41 Å². The third-order valence-electron chi connectivity index (χ3n) is 5.14. The number of rotatable bonds is 6. The Morgan fingerprint density at radius 1 is 1.52 bits per heavy atom. The SMILES string of the molecule is CCO[C@H]1C[C@@H](NC(=O)CCc2cccnc2)C12CCC2. The van der Waals surface area contributed by atoms with Crippen LogP contribution in [0.5, 0.6) is 0 Å². The standard InChI is InChI=1S/C17H24N2O2/c1-2-21-15-11-14(17(15)8-4-9-17)19-16(20)7-6-13-5-3-10-18-12-13/h3,5,10,12,14-15H,2,4,6-9,11H2,1H3,(H,19,20)/t14-,15+/m1/s1. The van der Waals surface area contributed by atoms with Crippen LogP contribution in [0, 0.1) is 5.41 Å². The molecule has 21 heavy (non-hydrogen) atoms. The fourth-order valence-corrected chi connectivity index (χ4v) is 3.71. The average molecular weight is 288 g/mol. The molecule has 1 heterocycles. The molecule has 1 aromatic heterocycles. The van der Waals surface area contributed by atoms with Crippen molar-refractivity contribution in [1.82, 2.24) is 10.3 Å². The van der Waals surface area contributed by atoms with Crippen LogP contribution in [0.25, 0.3) is 0 Å². The number of carbonyl (C=O) groups is 1. The Kier molecular flexibility index (Phi) is 4.24. The molecule has 2 saturated carbocycles. The molecule has 0 saturated heterocycles. The number of amides is 1. The number of hydrogen-bond acceptors (Lipinski definition) is 3. The minimum Gasteiger partial charge on any atom is -0.378 e. The molecule has 2 fully saturated rings. The molecule has 2 aliphatic rings.